The highest BCUT2D eigenvalue weighted by Gasteiger charge is 1.68. The fourth-order valence-electron chi connectivity index (χ4n) is 0.289. The molecule has 0 aliphatic carbocycles. The molecule has 0 nitrogen and oxygen atoms in total. The lowest BCUT2D eigenvalue weighted by Crippen LogP contribution is -1.59. The molecule has 34 valence electrons. The van der Waals surface area contributed by atoms with Crippen LogP contribution in [0.1, 0.15) is 20.8 Å². The molecule has 0 heterocycles. The van der Waals surface area contributed by atoms with E-state index in [-0.39, 0.29) is 0 Å². The van der Waals surface area contributed by atoms with Crippen LogP contribution in [0.15, 0.2) is 11.6 Å². The van der Waals surface area contributed by atoms with Crippen molar-refractivity contribution < 1.29 is 0 Å². The summed E-state index contributed by atoms with van der Waals surface area (Å²) in [5, 5.41) is 0. The number of hydrogen-bond acceptors (Lipinski definition) is 0. The maximum atomic E-state index is 2.91. The van der Waals surface area contributed by atoms with Crippen molar-refractivity contribution in [1.29, 1.82) is 0 Å². The van der Waals surface area contributed by atoms with E-state index in [1.54, 1.807) is 0 Å². The van der Waals surface area contributed by atoms with Crippen molar-refractivity contribution in [3.63, 3.8) is 0 Å². The molecule has 0 amide bonds. The summed E-state index contributed by atoms with van der Waals surface area (Å²) in [4.78, 5) is 0. The standard InChI is InChI=1S/C6H10/c1-4-5-6(2)3/h5H,1-3H3. The van der Waals surface area contributed by atoms with Crippen LogP contribution >= 0.6 is 0 Å². The molecule has 0 N–H and O–H groups in total. The van der Waals surface area contributed by atoms with Gasteiger partial charge in [0.25, 0.3) is 0 Å². The van der Waals surface area contributed by atoms with Gasteiger partial charge in [-0.15, -0.1) is 0 Å². The molecule has 0 spiro atoms. The van der Waals surface area contributed by atoms with E-state index in [1.807, 2.05) is 13.0 Å². The van der Waals surface area contributed by atoms with E-state index in [0.717, 1.165) is 0 Å². The van der Waals surface area contributed by atoms with Crippen molar-refractivity contribution >= 4 is 0 Å². The highest BCUT2D eigenvalue weighted by Crippen LogP contribution is 1.88. The van der Waals surface area contributed by atoms with Gasteiger partial charge >= 0.3 is 0 Å². The fraction of sp³-hybridized carbons (Fsp3) is 0.500. The van der Waals surface area contributed by atoms with E-state index < -0.39 is 0 Å². The molecule has 0 aliphatic heterocycles. The molecule has 0 aromatic carbocycles. The maximum Gasteiger partial charge on any atom is 0.00497 e. The first-order valence-corrected chi connectivity index (χ1v) is 2.08. The smallest absolute Gasteiger partial charge is 0.00497 e. The molecule has 0 aliphatic rings. The lowest BCUT2D eigenvalue weighted by atomic mass is 10.3. The van der Waals surface area contributed by atoms with Crippen molar-refractivity contribution in [2.75, 3.05) is 0 Å². The predicted octanol–water partition coefficient (Wildman–Crippen LogP) is 2.05. The van der Waals surface area contributed by atoms with Crippen molar-refractivity contribution in [3.8, 4) is 0 Å². The van der Waals surface area contributed by atoms with Crippen molar-refractivity contribution in [2.45, 2.75) is 20.8 Å². The second kappa shape index (κ2) is 2.95. The molecular formula is C6H10. The third-order valence-electron chi connectivity index (χ3n) is 0.433. The van der Waals surface area contributed by atoms with Crippen LogP contribution in [-0.4, -0.2) is 0 Å². The predicted molar refractivity (Wildman–Crippen MR) is 28.3 cm³/mol. The summed E-state index contributed by atoms with van der Waals surface area (Å²) in [5.41, 5.74) is 1.30. The molecule has 0 heteroatoms. The molecule has 0 rings (SSSR count). The average molecular weight is 82.1 g/mol. The molecule has 6 heavy (non-hydrogen) atoms. The largest absolute Gasteiger partial charge is 0.0798 e. The summed E-state index contributed by atoms with van der Waals surface area (Å²) >= 11 is 0. The quantitative estimate of drug-likeness (QED) is 0.454. The fourth-order valence-corrected chi connectivity index (χ4v) is 0.289. The van der Waals surface area contributed by atoms with Crippen molar-refractivity contribution in [2.24, 2.45) is 0 Å². The molecule has 0 fully saturated rings. The van der Waals surface area contributed by atoms with Crippen LogP contribution in [0.5, 0.6) is 0 Å². The number of rotatable bonds is 1. The summed E-state index contributed by atoms with van der Waals surface area (Å²) in [6, 6.07) is 0. The Hall–Kier alpha value is -0.260. The van der Waals surface area contributed by atoms with Crippen LogP contribution in [0.25, 0.3) is 0 Å². The van der Waals surface area contributed by atoms with Gasteiger partial charge in [0.2, 0.25) is 0 Å². The van der Waals surface area contributed by atoms with E-state index in [9.17, 15) is 0 Å². The summed E-state index contributed by atoms with van der Waals surface area (Å²) in [6.45, 7) is 6.00. The zero-order chi connectivity index (χ0) is 4.99. The van der Waals surface area contributed by atoms with Gasteiger partial charge in [-0.25, -0.2) is 0 Å². The Balaban J connectivity index is 3.14. The third kappa shape index (κ3) is 3.74. The molecule has 0 saturated carbocycles. The van der Waals surface area contributed by atoms with Crippen molar-refractivity contribution in [3.05, 3.63) is 18.1 Å². The van der Waals surface area contributed by atoms with Gasteiger partial charge in [0, 0.05) is 6.42 Å². The first kappa shape index (κ1) is 5.74. The SMILES string of the molecule is C[C]C=C(C)C. The van der Waals surface area contributed by atoms with E-state index in [2.05, 4.69) is 20.3 Å². The zero-order valence-corrected chi connectivity index (χ0v) is 4.58. The number of allylic oxidation sites excluding steroid dienone is 2. The van der Waals surface area contributed by atoms with Crippen molar-refractivity contribution in [1.82, 2.24) is 0 Å². The summed E-state index contributed by atoms with van der Waals surface area (Å²) in [7, 11) is 0. The topological polar surface area (TPSA) is 0 Å². The summed E-state index contributed by atoms with van der Waals surface area (Å²) in [5.74, 6) is 0. The van der Waals surface area contributed by atoms with Crippen LogP contribution in [0.3, 0.4) is 0 Å². The Morgan fingerprint density at radius 1 is 1.50 bits per heavy atom. The minimum atomic E-state index is 1.30. The van der Waals surface area contributed by atoms with Gasteiger partial charge in [0.1, 0.15) is 0 Å². The lowest BCUT2D eigenvalue weighted by Gasteiger charge is -1.79. The zero-order valence-electron chi connectivity index (χ0n) is 4.58. The van der Waals surface area contributed by atoms with Gasteiger partial charge in [-0.2, -0.15) is 0 Å². The molecular weight excluding hydrogens is 72.1 g/mol. The second-order valence-electron chi connectivity index (χ2n) is 1.51. The average Bonchev–Trinajstić information content (AvgIpc) is 1.35. The molecule has 0 saturated heterocycles. The van der Waals surface area contributed by atoms with Gasteiger partial charge in [-0.1, -0.05) is 18.6 Å². The first-order chi connectivity index (χ1) is 2.77. The van der Waals surface area contributed by atoms with Crippen LogP contribution in [0.2, 0.25) is 0 Å². The Morgan fingerprint density at radius 3 is 2.00 bits per heavy atom. The minimum absolute atomic E-state index is 1.30. The Labute approximate surface area is 39.9 Å². The highest BCUT2D eigenvalue weighted by molar-refractivity contribution is 5.00. The van der Waals surface area contributed by atoms with Crippen LogP contribution in [0.4, 0.5) is 0 Å². The van der Waals surface area contributed by atoms with Gasteiger partial charge in [-0.05, 0) is 13.8 Å². The highest BCUT2D eigenvalue weighted by atomic mass is 13.7. The number of hydrogen-bond donors (Lipinski definition) is 0. The lowest BCUT2D eigenvalue weighted by molar-refractivity contribution is 1.35. The molecule has 0 atom stereocenters. The third-order valence-corrected chi connectivity index (χ3v) is 0.433. The monoisotopic (exact) mass is 82.1 g/mol. The van der Waals surface area contributed by atoms with Gasteiger partial charge < -0.3 is 0 Å². The molecule has 0 bridgehead atoms. The Bertz CT molecular complexity index is 47.1. The van der Waals surface area contributed by atoms with Crippen LogP contribution in [0, 0.1) is 6.42 Å². The van der Waals surface area contributed by atoms with Crippen LogP contribution < -0.4 is 0 Å². The van der Waals surface area contributed by atoms with Gasteiger partial charge in [0.05, 0.1) is 0 Å². The van der Waals surface area contributed by atoms with Crippen LogP contribution in [-0.2, 0) is 0 Å². The van der Waals surface area contributed by atoms with E-state index >= 15 is 0 Å². The normalized spacial score (nSPS) is 7.83. The molecule has 2 radical (unpaired) electrons. The minimum Gasteiger partial charge on any atom is -0.0798 e. The Morgan fingerprint density at radius 2 is 2.00 bits per heavy atom. The summed E-state index contributed by atoms with van der Waals surface area (Å²) < 4.78 is 0. The van der Waals surface area contributed by atoms with Gasteiger partial charge in [0.15, 0.2) is 0 Å². The maximum absolute atomic E-state index is 2.91. The van der Waals surface area contributed by atoms with E-state index in [4.69, 9.17) is 0 Å². The second-order valence-corrected chi connectivity index (χ2v) is 1.51. The van der Waals surface area contributed by atoms with E-state index in [1.165, 1.54) is 5.57 Å². The van der Waals surface area contributed by atoms with Gasteiger partial charge in [-0.3, -0.25) is 0 Å². The summed E-state index contributed by atoms with van der Waals surface area (Å²) in [6.07, 6.45) is 4.86. The van der Waals surface area contributed by atoms with E-state index in [0.29, 0.717) is 0 Å². The molecule has 0 aromatic heterocycles. The molecule has 0 aromatic rings. The molecule has 0 unspecified atom stereocenters. The first-order valence-electron chi connectivity index (χ1n) is 2.08. The Kier molecular flexibility index (Phi) is 2.82.